The van der Waals surface area contributed by atoms with Crippen molar-refractivity contribution in [1.82, 2.24) is 4.90 Å². The van der Waals surface area contributed by atoms with E-state index in [0.29, 0.717) is 12.1 Å². The van der Waals surface area contributed by atoms with Crippen LogP contribution < -0.4 is 9.47 Å². The van der Waals surface area contributed by atoms with Gasteiger partial charge in [0, 0.05) is 28.3 Å². The number of carbonyl (C=O) groups is 1. The highest BCUT2D eigenvalue weighted by Crippen LogP contribution is 2.43. The summed E-state index contributed by atoms with van der Waals surface area (Å²) in [5.74, 6) is 2.46. The average molecular weight is 412 g/mol. The van der Waals surface area contributed by atoms with Crippen molar-refractivity contribution in [2.45, 2.75) is 5.37 Å². The van der Waals surface area contributed by atoms with Gasteiger partial charge in [-0.2, -0.15) is 0 Å². The number of ether oxygens (including phenoxy) is 2. The van der Waals surface area contributed by atoms with Crippen molar-refractivity contribution >= 4 is 29.0 Å². The van der Waals surface area contributed by atoms with E-state index in [9.17, 15) is 4.79 Å². The van der Waals surface area contributed by atoms with Crippen molar-refractivity contribution in [1.29, 1.82) is 0 Å². The van der Waals surface area contributed by atoms with Crippen LogP contribution in [0.2, 0.25) is 0 Å². The van der Waals surface area contributed by atoms with E-state index in [2.05, 4.69) is 11.4 Å². The predicted molar refractivity (Wildman–Crippen MR) is 116 cm³/mol. The van der Waals surface area contributed by atoms with E-state index >= 15 is 0 Å². The zero-order valence-electron chi connectivity index (χ0n) is 15.8. The molecule has 4 nitrogen and oxygen atoms in total. The number of hydrogen-bond acceptors (Lipinski definition) is 5. The van der Waals surface area contributed by atoms with E-state index in [1.807, 2.05) is 53.4 Å². The second kappa shape index (κ2) is 8.29. The van der Waals surface area contributed by atoms with Crippen LogP contribution in [0.25, 0.3) is 10.4 Å². The Labute approximate surface area is 173 Å². The van der Waals surface area contributed by atoms with Gasteiger partial charge < -0.3 is 14.4 Å². The minimum Gasteiger partial charge on any atom is -0.497 e. The van der Waals surface area contributed by atoms with Crippen LogP contribution in [-0.2, 0) is 0 Å². The summed E-state index contributed by atoms with van der Waals surface area (Å²) < 4.78 is 10.9. The van der Waals surface area contributed by atoms with Crippen molar-refractivity contribution in [3.05, 3.63) is 71.1 Å². The Morgan fingerprint density at radius 3 is 2.57 bits per heavy atom. The molecule has 1 aromatic heterocycles. The van der Waals surface area contributed by atoms with E-state index in [1.165, 1.54) is 4.88 Å². The van der Waals surface area contributed by atoms with Gasteiger partial charge in [0.05, 0.1) is 14.2 Å². The van der Waals surface area contributed by atoms with Crippen LogP contribution in [0.5, 0.6) is 11.5 Å². The van der Waals surface area contributed by atoms with Crippen LogP contribution in [0.3, 0.4) is 0 Å². The first-order valence-electron chi connectivity index (χ1n) is 8.99. The number of carbonyl (C=O) groups excluding carboxylic acids is 1. The fourth-order valence-corrected chi connectivity index (χ4v) is 5.36. The molecule has 0 radical (unpaired) electrons. The Morgan fingerprint density at radius 1 is 1.07 bits per heavy atom. The SMILES string of the molecule is COc1ccc(OC)c(C2SCCN2C(=O)c2ccc(-c3cccs3)cc2)c1. The molecule has 1 atom stereocenters. The summed E-state index contributed by atoms with van der Waals surface area (Å²) in [4.78, 5) is 16.3. The molecular formula is C22H21NO3S2. The molecule has 3 aromatic rings. The molecule has 2 heterocycles. The largest absolute Gasteiger partial charge is 0.497 e. The Balaban J connectivity index is 1.61. The van der Waals surface area contributed by atoms with Gasteiger partial charge in [-0.25, -0.2) is 0 Å². The highest BCUT2D eigenvalue weighted by Gasteiger charge is 2.33. The Kier molecular flexibility index (Phi) is 5.59. The lowest BCUT2D eigenvalue weighted by Gasteiger charge is -2.26. The fraction of sp³-hybridized carbons (Fsp3) is 0.227. The molecule has 4 rings (SSSR count). The van der Waals surface area contributed by atoms with Gasteiger partial charge in [-0.05, 0) is 47.3 Å². The zero-order valence-corrected chi connectivity index (χ0v) is 17.4. The molecule has 2 aromatic carbocycles. The second-order valence-electron chi connectivity index (χ2n) is 6.38. The highest BCUT2D eigenvalue weighted by molar-refractivity contribution is 7.99. The number of methoxy groups -OCH3 is 2. The van der Waals surface area contributed by atoms with Gasteiger partial charge in [0.25, 0.3) is 5.91 Å². The van der Waals surface area contributed by atoms with E-state index in [4.69, 9.17) is 9.47 Å². The summed E-state index contributed by atoms with van der Waals surface area (Å²) in [5.41, 5.74) is 2.80. The van der Waals surface area contributed by atoms with Crippen LogP contribution >= 0.6 is 23.1 Å². The van der Waals surface area contributed by atoms with Crippen LogP contribution in [0, 0.1) is 0 Å². The highest BCUT2D eigenvalue weighted by atomic mass is 32.2. The van der Waals surface area contributed by atoms with E-state index in [-0.39, 0.29) is 11.3 Å². The molecule has 0 aliphatic carbocycles. The maximum Gasteiger partial charge on any atom is 0.255 e. The lowest BCUT2D eigenvalue weighted by molar-refractivity contribution is 0.0759. The third kappa shape index (κ3) is 3.62. The third-order valence-corrected chi connectivity index (χ3v) is 6.95. The van der Waals surface area contributed by atoms with Gasteiger partial charge in [0.15, 0.2) is 0 Å². The molecule has 6 heteroatoms. The smallest absolute Gasteiger partial charge is 0.255 e. The van der Waals surface area contributed by atoms with E-state index < -0.39 is 0 Å². The Hall–Kier alpha value is -2.44. The molecule has 1 fully saturated rings. The van der Waals surface area contributed by atoms with Crippen molar-refractivity contribution < 1.29 is 14.3 Å². The number of thioether (sulfide) groups is 1. The quantitative estimate of drug-likeness (QED) is 0.570. The first-order chi connectivity index (χ1) is 13.7. The van der Waals surface area contributed by atoms with Crippen molar-refractivity contribution in [2.75, 3.05) is 26.5 Å². The Bertz CT molecular complexity index is 954. The zero-order chi connectivity index (χ0) is 19.5. The molecule has 1 amide bonds. The average Bonchev–Trinajstić information content (AvgIpc) is 3.45. The van der Waals surface area contributed by atoms with Gasteiger partial charge in [0.2, 0.25) is 0 Å². The molecule has 1 aliphatic heterocycles. The third-order valence-electron chi connectivity index (χ3n) is 4.79. The number of amides is 1. The van der Waals surface area contributed by atoms with Crippen molar-refractivity contribution in [2.24, 2.45) is 0 Å². The molecule has 28 heavy (non-hydrogen) atoms. The number of hydrogen-bond donors (Lipinski definition) is 0. The molecule has 144 valence electrons. The van der Waals surface area contributed by atoms with Gasteiger partial charge in [0.1, 0.15) is 16.9 Å². The molecule has 1 aliphatic rings. The summed E-state index contributed by atoms with van der Waals surface area (Å²) in [7, 11) is 3.30. The number of rotatable bonds is 5. The van der Waals surface area contributed by atoms with Gasteiger partial charge >= 0.3 is 0 Å². The topological polar surface area (TPSA) is 38.8 Å². The Morgan fingerprint density at radius 2 is 1.89 bits per heavy atom. The lowest BCUT2D eigenvalue weighted by atomic mass is 10.1. The van der Waals surface area contributed by atoms with Crippen LogP contribution in [0.15, 0.2) is 60.0 Å². The molecule has 1 unspecified atom stereocenters. The first-order valence-corrected chi connectivity index (χ1v) is 10.9. The lowest BCUT2D eigenvalue weighted by Crippen LogP contribution is -2.30. The van der Waals surface area contributed by atoms with Gasteiger partial charge in [-0.1, -0.05) is 18.2 Å². The molecule has 1 saturated heterocycles. The minimum atomic E-state index is -0.0884. The van der Waals surface area contributed by atoms with E-state index in [1.54, 1.807) is 37.3 Å². The number of benzene rings is 2. The summed E-state index contributed by atoms with van der Waals surface area (Å²) in [6, 6.07) is 17.7. The maximum absolute atomic E-state index is 13.2. The first kappa shape index (κ1) is 18.9. The van der Waals surface area contributed by atoms with E-state index in [0.717, 1.165) is 28.4 Å². The maximum atomic E-state index is 13.2. The normalized spacial score (nSPS) is 16.2. The summed E-state index contributed by atoms with van der Waals surface area (Å²) in [6.07, 6.45) is 0. The van der Waals surface area contributed by atoms with Crippen LogP contribution in [0.1, 0.15) is 21.3 Å². The molecule has 0 bridgehead atoms. The second-order valence-corrected chi connectivity index (χ2v) is 8.52. The number of nitrogens with zero attached hydrogens (tertiary/aromatic N) is 1. The van der Waals surface area contributed by atoms with Crippen molar-refractivity contribution in [3.63, 3.8) is 0 Å². The summed E-state index contributed by atoms with van der Waals surface area (Å²) in [5, 5.41) is 1.97. The van der Waals surface area contributed by atoms with Crippen LogP contribution in [0.4, 0.5) is 0 Å². The molecule has 0 N–H and O–H groups in total. The monoisotopic (exact) mass is 411 g/mol. The van der Waals surface area contributed by atoms with Crippen molar-refractivity contribution in [3.8, 4) is 21.9 Å². The van der Waals surface area contributed by atoms with Gasteiger partial charge in [-0.15, -0.1) is 23.1 Å². The minimum absolute atomic E-state index is 0.0394. The molecule has 0 spiro atoms. The van der Waals surface area contributed by atoms with Crippen LogP contribution in [-0.4, -0.2) is 37.3 Å². The van der Waals surface area contributed by atoms with Gasteiger partial charge in [-0.3, -0.25) is 4.79 Å². The summed E-state index contributed by atoms with van der Waals surface area (Å²) >= 11 is 3.44. The predicted octanol–water partition coefficient (Wildman–Crippen LogP) is 5.32. The number of thiophene rings is 1. The fourth-order valence-electron chi connectivity index (χ4n) is 3.35. The molecule has 0 saturated carbocycles. The standard InChI is InChI=1S/C22H21NO3S2/c1-25-17-9-10-19(26-2)18(14-17)22-23(11-13-28-22)21(24)16-7-5-15(6-8-16)20-4-3-12-27-20/h3-10,12,14,22H,11,13H2,1-2H3. The summed E-state index contributed by atoms with van der Waals surface area (Å²) in [6.45, 7) is 0.710. The molecular weight excluding hydrogens is 390 g/mol.